The SMILES string of the molecule is CC[C@]1(C)Cc2ccccc2-c2nc(S[C@@H](C)C(=O)N(c3ccccc3)c3ccccc3)[nH]c(=O)c21. The highest BCUT2D eigenvalue weighted by molar-refractivity contribution is 8.00. The fourth-order valence-electron chi connectivity index (χ4n) is 4.94. The van der Waals surface area contributed by atoms with Crippen molar-refractivity contribution >= 4 is 29.0 Å². The van der Waals surface area contributed by atoms with Crippen LogP contribution in [0, 0.1) is 0 Å². The molecule has 0 saturated carbocycles. The van der Waals surface area contributed by atoms with Gasteiger partial charge in [0.15, 0.2) is 5.16 Å². The van der Waals surface area contributed by atoms with Crippen molar-refractivity contribution in [2.75, 3.05) is 4.90 Å². The molecule has 0 saturated heterocycles. The van der Waals surface area contributed by atoms with Gasteiger partial charge in [0, 0.05) is 27.9 Å². The smallest absolute Gasteiger partial charge is 0.255 e. The number of fused-ring (bicyclic) bond motifs is 3. The zero-order valence-electron chi connectivity index (χ0n) is 20.7. The predicted molar refractivity (Wildman–Crippen MR) is 147 cm³/mol. The number of rotatable bonds is 6. The topological polar surface area (TPSA) is 66.1 Å². The Hall–Kier alpha value is -3.64. The number of nitrogens with zero attached hydrogens (tertiary/aromatic N) is 2. The first-order valence-corrected chi connectivity index (χ1v) is 13.1. The van der Waals surface area contributed by atoms with Gasteiger partial charge in [0.1, 0.15) is 0 Å². The molecule has 0 fully saturated rings. The van der Waals surface area contributed by atoms with E-state index in [4.69, 9.17) is 4.98 Å². The molecule has 6 heteroatoms. The molecular formula is C30H29N3O2S. The van der Waals surface area contributed by atoms with Gasteiger partial charge in [-0.05, 0) is 49.6 Å². The average molecular weight is 496 g/mol. The number of hydrogen-bond acceptors (Lipinski definition) is 4. The van der Waals surface area contributed by atoms with E-state index < -0.39 is 5.25 Å². The van der Waals surface area contributed by atoms with Gasteiger partial charge in [-0.2, -0.15) is 0 Å². The summed E-state index contributed by atoms with van der Waals surface area (Å²) in [4.78, 5) is 36.8. The number of aromatic amines is 1. The van der Waals surface area contributed by atoms with Crippen LogP contribution in [0.4, 0.5) is 11.4 Å². The predicted octanol–water partition coefficient (Wildman–Crippen LogP) is 6.51. The summed E-state index contributed by atoms with van der Waals surface area (Å²) in [5, 5.41) is -0.0289. The molecule has 0 unspecified atom stereocenters. The van der Waals surface area contributed by atoms with Gasteiger partial charge in [0.2, 0.25) is 5.91 Å². The van der Waals surface area contributed by atoms with Crippen molar-refractivity contribution in [2.24, 2.45) is 0 Å². The van der Waals surface area contributed by atoms with Gasteiger partial charge in [0.05, 0.1) is 10.9 Å². The van der Waals surface area contributed by atoms with Gasteiger partial charge in [-0.15, -0.1) is 0 Å². The van der Waals surface area contributed by atoms with E-state index in [1.54, 1.807) is 4.90 Å². The van der Waals surface area contributed by atoms with E-state index in [1.165, 1.54) is 17.3 Å². The standard InChI is InChI=1S/C30H29N3O2S/c1-4-30(3)19-21-13-11-12-18-24(21)26-25(30)27(34)32-29(31-26)36-20(2)28(35)33(22-14-7-5-8-15-22)23-16-9-6-10-17-23/h5-18,20H,4,19H2,1-3H3,(H,31,32,34)/t20-,30+/m0/s1. The average Bonchev–Trinajstić information content (AvgIpc) is 2.90. The summed E-state index contributed by atoms with van der Waals surface area (Å²) in [5.41, 5.74) is 4.85. The van der Waals surface area contributed by atoms with Gasteiger partial charge in [-0.3, -0.25) is 14.5 Å². The molecule has 1 aromatic heterocycles. The van der Waals surface area contributed by atoms with Crippen LogP contribution >= 0.6 is 11.8 Å². The van der Waals surface area contributed by atoms with Crippen LogP contribution in [0.2, 0.25) is 0 Å². The second-order valence-electron chi connectivity index (χ2n) is 9.45. The molecule has 1 aliphatic rings. The Labute approximate surface area is 215 Å². The number of amides is 1. The van der Waals surface area contributed by atoms with Crippen LogP contribution < -0.4 is 10.5 Å². The third-order valence-corrected chi connectivity index (χ3v) is 7.99. The Morgan fingerprint density at radius 2 is 1.58 bits per heavy atom. The lowest BCUT2D eigenvalue weighted by molar-refractivity contribution is -0.117. The van der Waals surface area contributed by atoms with Crippen LogP contribution in [0.1, 0.15) is 38.3 Å². The van der Waals surface area contributed by atoms with Crippen molar-refractivity contribution in [3.8, 4) is 11.3 Å². The molecule has 5 nitrogen and oxygen atoms in total. The monoisotopic (exact) mass is 495 g/mol. The number of carbonyl (C=O) groups is 1. The van der Waals surface area contributed by atoms with E-state index in [2.05, 4.69) is 24.9 Å². The molecule has 36 heavy (non-hydrogen) atoms. The lowest BCUT2D eigenvalue weighted by Gasteiger charge is -2.35. The van der Waals surface area contributed by atoms with Crippen LogP contribution in [-0.4, -0.2) is 21.1 Å². The molecule has 3 aromatic carbocycles. The Balaban J connectivity index is 1.51. The van der Waals surface area contributed by atoms with Crippen LogP contribution in [0.15, 0.2) is 94.9 Å². The molecule has 1 heterocycles. The number of nitrogens with one attached hydrogen (secondary N) is 1. The Morgan fingerprint density at radius 3 is 2.19 bits per heavy atom. The maximum Gasteiger partial charge on any atom is 0.255 e. The van der Waals surface area contributed by atoms with Gasteiger partial charge in [0.25, 0.3) is 5.56 Å². The maximum absolute atomic E-state index is 13.8. The van der Waals surface area contributed by atoms with Crippen molar-refractivity contribution in [3.63, 3.8) is 0 Å². The molecule has 2 atom stereocenters. The van der Waals surface area contributed by atoms with Crippen LogP contribution in [0.5, 0.6) is 0 Å². The van der Waals surface area contributed by atoms with Gasteiger partial charge in [-0.25, -0.2) is 4.98 Å². The van der Waals surface area contributed by atoms with E-state index in [9.17, 15) is 9.59 Å². The lowest BCUT2D eigenvalue weighted by Crippen LogP contribution is -2.37. The highest BCUT2D eigenvalue weighted by atomic mass is 32.2. The highest BCUT2D eigenvalue weighted by Crippen LogP contribution is 2.42. The van der Waals surface area contributed by atoms with Crippen LogP contribution in [-0.2, 0) is 16.6 Å². The van der Waals surface area contributed by atoms with Crippen LogP contribution in [0.3, 0.4) is 0 Å². The number of carbonyl (C=O) groups excluding carboxylic acids is 1. The summed E-state index contributed by atoms with van der Waals surface area (Å²) in [6, 6.07) is 27.4. The summed E-state index contributed by atoms with van der Waals surface area (Å²) in [5.74, 6) is -0.0865. The summed E-state index contributed by atoms with van der Waals surface area (Å²) >= 11 is 1.28. The zero-order chi connectivity index (χ0) is 25.3. The number of benzene rings is 3. The van der Waals surface area contributed by atoms with Crippen molar-refractivity contribution in [1.29, 1.82) is 0 Å². The molecule has 1 aliphatic carbocycles. The number of H-pyrrole nitrogens is 1. The fourth-order valence-corrected chi connectivity index (χ4v) is 5.77. The van der Waals surface area contributed by atoms with E-state index >= 15 is 0 Å². The Morgan fingerprint density at radius 1 is 1.00 bits per heavy atom. The number of para-hydroxylation sites is 2. The third kappa shape index (κ3) is 4.37. The molecule has 4 aromatic rings. The number of hydrogen-bond donors (Lipinski definition) is 1. The van der Waals surface area contributed by atoms with Crippen molar-refractivity contribution in [1.82, 2.24) is 9.97 Å². The van der Waals surface area contributed by atoms with Gasteiger partial charge in [-0.1, -0.05) is 86.3 Å². The number of anilines is 2. The van der Waals surface area contributed by atoms with E-state index in [-0.39, 0.29) is 16.9 Å². The van der Waals surface area contributed by atoms with Crippen molar-refractivity contribution in [3.05, 3.63) is 106 Å². The summed E-state index contributed by atoms with van der Waals surface area (Å²) in [6.07, 6.45) is 1.64. The summed E-state index contributed by atoms with van der Waals surface area (Å²) in [6.45, 7) is 6.10. The molecule has 0 spiro atoms. The van der Waals surface area contributed by atoms with E-state index in [1.807, 2.05) is 85.8 Å². The van der Waals surface area contributed by atoms with Crippen molar-refractivity contribution < 1.29 is 4.79 Å². The van der Waals surface area contributed by atoms with Crippen LogP contribution in [0.25, 0.3) is 11.3 Å². The normalized spacial score (nSPS) is 17.1. The number of thioether (sulfide) groups is 1. The first kappa shape index (κ1) is 24.1. The molecule has 182 valence electrons. The van der Waals surface area contributed by atoms with Crippen molar-refractivity contribution in [2.45, 2.75) is 49.4 Å². The largest absolute Gasteiger partial charge is 0.301 e. The zero-order valence-corrected chi connectivity index (χ0v) is 21.5. The first-order valence-electron chi connectivity index (χ1n) is 12.2. The summed E-state index contributed by atoms with van der Waals surface area (Å²) < 4.78 is 0. The summed E-state index contributed by atoms with van der Waals surface area (Å²) in [7, 11) is 0. The molecule has 0 bridgehead atoms. The molecule has 0 aliphatic heterocycles. The second-order valence-corrected chi connectivity index (χ2v) is 10.8. The van der Waals surface area contributed by atoms with E-state index in [0.717, 1.165) is 41.0 Å². The third-order valence-electron chi connectivity index (χ3n) is 7.02. The highest BCUT2D eigenvalue weighted by Gasteiger charge is 2.37. The lowest BCUT2D eigenvalue weighted by atomic mass is 9.69. The van der Waals surface area contributed by atoms with Gasteiger partial charge < -0.3 is 4.98 Å². The minimum Gasteiger partial charge on any atom is -0.301 e. The molecular weight excluding hydrogens is 466 g/mol. The maximum atomic E-state index is 13.8. The number of aromatic nitrogens is 2. The quantitative estimate of drug-likeness (QED) is 0.245. The fraction of sp³-hybridized carbons (Fsp3) is 0.233. The Kier molecular flexibility index (Phi) is 6.54. The minimum absolute atomic E-state index is 0.0865. The Bertz CT molecular complexity index is 1410. The molecule has 1 N–H and O–H groups in total. The first-order chi connectivity index (χ1) is 17.4. The second kappa shape index (κ2) is 9.78. The van der Waals surface area contributed by atoms with Gasteiger partial charge >= 0.3 is 0 Å². The molecule has 5 rings (SSSR count). The minimum atomic E-state index is -0.483. The molecule has 1 amide bonds. The molecule has 0 radical (unpaired) electrons. The van der Waals surface area contributed by atoms with E-state index in [0.29, 0.717) is 5.16 Å².